The van der Waals surface area contributed by atoms with Crippen LogP contribution in [0, 0.1) is 13.8 Å². The third kappa shape index (κ3) is 4.77. The summed E-state index contributed by atoms with van der Waals surface area (Å²) in [5, 5.41) is 7.36. The Morgan fingerprint density at radius 3 is 2.45 bits per heavy atom. The Labute approximate surface area is 181 Å². The molecule has 0 saturated carbocycles. The van der Waals surface area contributed by atoms with Crippen LogP contribution in [0.3, 0.4) is 0 Å². The highest BCUT2D eigenvalue weighted by Crippen LogP contribution is 2.30. The normalized spacial score (nSPS) is 11.6. The van der Waals surface area contributed by atoms with Gasteiger partial charge in [-0.2, -0.15) is 5.10 Å². The van der Waals surface area contributed by atoms with E-state index in [0.29, 0.717) is 29.3 Å². The highest BCUT2D eigenvalue weighted by atomic mass is 16.5. The van der Waals surface area contributed by atoms with Crippen molar-refractivity contribution >= 4 is 11.6 Å². The van der Waals surface area contributed by atoms with Crippen LogP contribution in [-0.4, -0.2) is 29.9 Å². The second-order valence-electron chi connectivity index (χ2n) is 7.28. The zero-order valence-corrected chi connectivity index (χ0v) is 18.4. The first kappa shape index (κ1) is 22.1. The summed E-state index contributed by atoms with van der Waals surface area (Å²) < 4.78 is 11.8. The van der Waals surface area contributed by atoms with Gasteiger partial charge >= 0.3 is 0 Å². The lowest BCUT2D eigenvalue weighted by Gasteiger charge is -2.19. The minimum atomic E-state index is -0.772. The SMILES string of the molecule is CCC(C(=O)Nc1ccc(OC)cc1OC)n1nc(-c2ccc(C)c(C)c2)ccc1=O. The average molecular weight is 421 g/mol. The fourth-order valence-corrected chi connectivity index (χ4v) is 3.29. The summed E-state index contributed by atoms with van der Waals surface area (Å²) in [5.74, 6) is 0.727. The van der Waals surface area contributed by atoms with E-state index < -0.39 is 6.04 Å². The first-order chi connectivity index (χ1) is 14.9. The number of anilines is 1. The van der Waals surface area contributed by atoms with E-state index in [0.717, 1.165) is 11.1 Å². The number of rotatable bonds is 7. The van der Waals surface area contributed by atoms with Crippen molar-refractivity contribution in [2.45, 2.75) is 33.2 Å². The first-order valence-electron chi connectivity index (χ1n) is 10.1. The molecule has 0 aliphatic carbocycles. The number of carbonyl (C=O) groups is 1. The van der Waals surface area contributed by atoms with Crippen LogP contribution < -0.4 is 20.3 Å². The largest absolute Gasteiger partial charge is 0.497 e. The summed E-state index contributed by atoms with van der Waals surface area (Å²) in [6.07, 6.45) is 0.396. The van der Waals surface area contributed by atoms with Gasteiger partial charge in [-0.15, -0.1) is 0 Å². The van der Waals surface area contributed by atoms with Crippen LogP contribution in [0.4, 0.5) is 5.69 Å². The monoisotopic (exact) mass is 421 g/mol. The van der Waals surface area contributed by atoms with Gasteiger partial charge in [0.25, 0.3) is 5.56 Å². The van der Waals surface area contributed by atoms with E-state index in [9.17, 15) is 9.59 Å². The van der Waals surface area contributed by atoms with Crippen molar-refractivity contribution in [1.29, 1.82) is 0 Å². The molecule has 3 rings (SSSR count). The maximum atomic E-state index is 13.1. The molecule has 0 bridgehead atoms. The number of nitrogens with zero attached hydrogens (tertiary/aromatic N) is 2. The highest BCUT2D eigenvalue weighted by molar-refractivity contribution is 5.95. The fraction of sp³-hybridized carbons (Fsp3) is 0.292. The van der Waals surface area contributed by atoms with E-state index >= 15 is 0 Å². The molecule has 2 aromatic carbocycles. The molecule has 0 radical (unpaired) electrons. The lowest BCUT2D eigenvalue weighted by molar-refractivity contribution is -0.119. The molecule has 0 fully saturated rings. The van der Waals surface area contributed by atoms with Gasteiger partial charge in [0.1, 0.15) is 17.5 Å². The van der Waals surface area contributed by atoms with Crippen molar-refractivity contribution < 1.29 is 14.3 Å². The lowest BCUT2D eigenvalue weighted by atomic mass is 10.0. The molecule has 3 aromatic rings. The minimum Gasteiger partial charge on any atom is -0.497 e. The summed E-state index contributed by atoms with van der Waals surface area (Å²) in [6, 6.07) is 13.5. The highest BCUT2D eigenvalue weighted by Gasteiger charge is 2.23. The summed E-state index contributed by atoms with van der Waals surface area (Å²) in [6.45, 7) is 5.91. The second-order valence-corrected chi connectivity index (χ2v) is 7.28. The molecule has 1 atom stereocenters. The van der Waals surface area contributed by atoms with Gasteiger partial charge in [-0.3, -0.25) is 9.59 Å². The predicted molar refractivity (Wildman–Crippen MR) is 121 cm³/mol. The molecule has 1 amide bonds. The molecule has 1 aromatic heterocycles. The molecule has 0 aliphatic rings. The third-order valence-electron chi connectivity index (χ3n) is 5.28. The molecule has 7 heteroatoms. The van der Waals surface area contributed by atoms with Crippen molar-refractivity contribution in [2.75, 3.05) is 19.5 Å². The van der Waals surface area contributed by atoms with Gasteiger partial charge in [-0.1, -0.05) is 19.1 Å². The Balaban J connectivity index is 1.94. The second kappa shape index (κ2) is 9.47. The van der Waals surface area contributed by atoms with Gasteiger partial charge in [-0.25, -0.2) is 4.68 Å². The molecule has 31 heavy (non-hydrogen) atoms. The molecule has 0 aliphatic heterocycles. The number of ether oxygens (including phenoxy) is 2. The van der Waals surface area contributed by atoms with Gasteiger partial charge in [-0.05, 0) is 55.7 Å². The number of amides is 1. The molecule has 0 spiro atoms. The lowest BCUT2D eigenvalue weighted by Crippen LogP contribution is -2.34. The zero-order chi connectivity index (χ0) is 22.5. The van der Waals surface area contributed by atoms with E-state index in [-0.39, 0.29) is 11.5 Å². The number of aromatic nitrogens is 2. The Bertz CT molecular complexity index is 1150. The van der Waals surface area contributed by atoms with Crippen LogP contribution in [-0.2, 0) is 4.79 Å². The van der Waals surface area contributed by atoms with Gasteiger partial charge < -0.3 is 14.8 Å². The Morgan fingerprint density at radius 1 is 1.03 bits per heavy atom. The van der Waals surface area contributed by atoms with Crippen molar-refractivity contribution in [3.63, 3.8) is 0 Å². The number of nitrogens with one attached hydrogen (secondary N) is 1. The molecular formula is C24H27N3O4. The van der Waals surface area contributed by atoms with Crippen molar-refractivity contribution in [3.8, 4) is 22.8 Å². The van der Waals surface area contributed by atoms with E-state index in [1.165, 1.54) is 23.4 Å². The number of methoxy groups -OCH3 is 2. The topological polar surface area (TPSA) is 82.4 Å². The number of carbonyl (C=O) groups excluding carboxylic acids is 1. The quantitative estimate of drug-likeness (QED) is 0.620. The van der Waals surface area contributed by atoms with Crippen molar-refractivity contribution in [1.82, 2.24) is 9.78 Å². The molecule has 1 heterocycles. The number of hydrogen-bond acceptors (Lipinski definition) is 5. The van der Waals surface area contributed by atoms with Crippen LogP contribution in [0.15, 0.2) is 53.3 Å². The standard InChI is InChI=1S/C24H27N3O4/c1-6-21(24(29)25-20-10-9-18(30-4)14-22(20)31-5)27-23(28)12-11-19(26-27)17-8-7-15(2)16(3)13-17/h7-14,21H,6H2,1-5H3,(H,25,29). The minimum absolute atomic E-state index is 0.337. The maximum Gasteiger partial charge on any atom is 0.267 e. The van der Waals surface area contributed by atoms with Crippen LogP contribution in [0.2, 0.25) is 0 Å². The van der Waals surface area contributed by atoms with Crippen LogP contribution >= 0.6 is 0 Å². The number of benzene rings is 2. The van der Waals surface area contributed by atoms with Gasteiger partial charge in [0.05, 0.1) is 25.6 Å². The summed E-state index contributed by atoms with van der Waals surface area (Å²) >= 11 is 0. The molecule has 162 valence electrons. The van der Waals surface area contributed by atoms with E-state index in [4.69, 9.17) is 9.47 Å². The zero-order valence-electron chi connectivity index (χ0n) is 18.4. The van der Waals surface area contributed by atoms with Crippen molar-refractivity contribution in [3.05, 3.63) is 70.0 Å². The number of hydrogen-bond donors (Lipinski definition) is 1. The first-order valence-corrected chi connectivity index (χ1v) is 10.1. The molecular weight excluding hydrogens is 394 g/mol. The molecule has 1 unspecified atom stereocenters. The van der Waals surface area contributed by atoms with Gasteiger partial charge in [0.15, 0.2) is 0 Å². The van der Waals surface area contributed by atoms with Crippen LogP contribution in [0.5, 0.6) is 11.5 Å². The van der Waals surface area contributed by atoms with Crippen molar-refractivity contribution in [2.24, 2.45) is 0 Å². The Morgan fingerprint density at radius 2 is 1.81 bits per heavy atom. The fourth-order valence-electron chi connectivity index (χ4n) is 3.29. The van der Waals surface area contributed by atoms with Gasteiger partial charge in [0.2, 0.25) is 5.91 Å². The maximum absolute atomic E-state index is 13.1. The molecule has 1 N–H and O–H groups in total. The summed E-state index contributed by atoms with van der Waals surface area (Å²) in [7, 11) is 3.07. The van der Waals surface area contributed by atoms with Gasteiger partial charge in [0, 0.05) is 17.7 Å². The smallest absolute Gasteiger partial charge is 0.267 e. The Hall–Kier alpha value is -3.61. The van der Waals surface area contributed by atoms with Crippen LogP contribution in [0.25, 0.3) is 11.3 Å². The van der Waals surface area contributed by atoms with E-state index in [2.05, 4.69) is 10.4 Å². The molecule has 7 nitrogen and oxygen atoms in total. The van der Waals surface area contributed by atoms with E-state index in [1.54, 1.807) is 31.4 Å². The van der Waals surface area contributed by atoms with Crippen LogP contribution in [0.1, 0.15) is 30.5 Å². The third-order valence-corrected chi connectivity index (χ3v) is 5.28. The molecule has 0 saturated heterocycles. The Kier molecular flexibility index (Phi) is 6.74. The number of aryl methyl sites for hydroxylation is 2. The summed E-state index contributed by atoms with van der Waals surface area (Å²) in [5.41, 5.74) is 3.99. The van der Waals surface area contributed by atoms with E-state index in [1.807, 2.05) is 39.0 Å². The average Bonchev–Trinajstić information content (AvgIpc) is 2.77. The predicted octanol–water partition coefficient (Wildman–Crippen LogP) is 4.13. The summed E-state index contributed by atoms with van der Waals surface area (Å²) in [4.78, 5) is 25.6.